The molecule has 0 bridgehead atoms. The maximum atomic E-state index is 12.7. The molecular formula is C7H6F2O. The smallest absolute Gasteiger partial charge is 0.213 e. The van der Waals surface area contributed by atoms with Crippen molar-refractivity contribution in [3.63, 3.8) is 0 Å². The van der Waals surface area contributed by atoms with E-state index in [9.17, 15) is 13.6 Å². The van der Waals surface area contributed by atoms with E-state index in [-0.39, 0.29) is 0 Å². The van der Waals surface area contributed by atoms with Gasteiger partial charge in [0, 0.05) is 0 Å². The quantitative estimate of drug-likeness (QED) is 0.505. The summed E-state index contributed by atoms with van der Waals surface area (Å²) in [5.74, 6) is -1.79. The first-order chi connectivity index (χ1) is 4.51. The number of hydrogen-bond acceptors (Lipinski definition) is 1. The molecule has 1 aliphatic rings. The van der Waals surface area contributed by atoms with Crippen LogP contribution in [0.25, 0.3) is 0 Å². The van der Waals surface area contributed by atoms with Crippen LogP contribution in [0, 0.1) is 0 Å². The van der Waals surface area contributed by atoms with Gasteiger partial charge in [-0.3, -0.25) is 4.79 Å². The largest absolute Gasteiger partial charge is 0.287 e. The molecule has 0 aromatic carbocycles. The number of halogens is 2. The van der Waals surface area contributed by atoms with Gasteiger partial charge in [-0.25, -0.2) is 8.78 Å². The van der Waals surface area contributed by atoms with Crippen molar-refractivity contribution >= 4 is 5.78 Å². The highest BCUT2D eigenvalue weighted by Crippen LogP contribution is 2.21. The van der Waals surface area contributed by atoms with E-state index in [1.807, 2.05) is 0 Å². The second-order valence-corrected chi connectivity index (χ2v) is 2.34. The maximum Gasteiger partial charge on any atom is 0.213 e. The van der Waals surface area contributed by atoms with E-state index in [4.69, 9.17) is 0 Å². The first kappa shape index (κ1) is 7.12. The van der Waals surface area contributed by atoms with Crippen molar-refractivity contribution in [1.82, 2.24) is 0 Å². The topological polar surface area (TPSA) is 17.1 Å². The van der Waals surface area contributed by atoms with Gasteiger partial charge in [0.15, 0.2) is 5.83 Å². The lowest BCUT2D eigenvalue weighted by Gasteiger charge is -2.12. The van der Waals surface area contributed by atoms with Crippen molar-refractivity contribution in [2.75, 3.05) is 0 Å². The molecule has 54 valence electrons. The Hall–Kier alpha value is -0.990. The first-order valence-electron chi connectivity index (χ1n) is 2.82. The monoisotopic (exact) mass is 144 g/mol. The number of hydrogen-bond donors (Lipinski definition) is 0. The van der Waals surface area contributed by atoms with E-state index in [2.05, 4.69) is 0 Å². The van der Waals surface area contributed by atoms with E-state index in [1.165, 1.54) is 6.92 Å². The Kier molecular flexibility index (Phi) is 1.43. The van der Waals surface area contributed by atoms with E-state index in [0.717, 1.165) is 12.2 Å². The van der Waals surface area contributed by atoms with Gasteiger partial charge in [0.1, 0.15) is 5.67 Å². The van der Waals surface area contributed by atoms with Crippen LogP contribution in [-0.2, 0) is 4.79 Å². The Morgan fingerprint density at radius 1 is 1.60 bits per heavy atom. The van der Waals surface area contributed by atoms with Crippen LogP contribution in [0.1, 0.15) is 6.92 Å². The average molecular weight is 144 g/mol. The lowest BCUT2D eigenvalue weighted by molar-refractivity contribution is -0.112. The number of ketones is 1. The number of carbonyl (C=O) groups excluding carboxylic acids is 1. The van der Waals surface area contributed by atoms with Gasteiger partial charge in [-0.1, -0.05) is 0 Å². The molecule has 0 amide bonds. The third-order valence-electron chi connectivity index (χ3n) is 1.20. The van der Waals surface area contributed by atoms with E-state index in [0.29, 0.717) is 6.08 Å². The Bertz CT molecular complexity index is 226. The summed E-state index contributed by atoms with van der Waals surface area (Å²) < 4.78 is 25.0. The van der Waals surface area contributed by atoms with Gasteiger partial charge in [-0.15, -0.1) is 0 Å². The molecule has 0 unspecified atom stereocenters. The molecule has 1 nitrogen and oxygen atoms in total. The van der Waals surface area contributed by atoms with Crippen molar-refractivity contribution in [2.45, 2.75) is 12.6 Å². The van der Waals surface area contributed by atoms with Crippen LogP contribution in [-0.4, -0.2) is 11.5 Å². The van der Waals surface area contributed by atoms with Gasteiger partial charge in [0.2, 0.25) is 5.78 Å². The van der Waals surface area contributed by atoms with Gasteiger partial charge in [0.05, 0.1) is 0 Å². The Balaban J connectivity index is 2.95. The summed E-state index contributed by atoms with van der Waals surface area (Å²) in [6.07, 6.45) is 2.59. The van der Waals surface area contributed by atoms with Gasteiger partial charge in [-0.05, 0) is 25.2 Å². The highest BCUT2D eigenvalue weighted by molar-refractivity contribution is 6.03. The summed E-state index contributed by atoms with van der Waals surface area (Å²) in [5.41, 5.74) is -1.81. The highest BCUT2D eigenvalue weighted by atomic mass is 19.1. The van der Waals surface area contributed by atoms with Crippen molar-refractivity contribution in [3.8, 4) is 0 Å². The van der Waals surface area contributed by atoms with Crippen LogP contribution in [0.15, 0.2) is 24.1 Å². The molecule has 1 aliphatic carbocycles. The zero-order valence-electron chi connectivity index (χ0n) is 5.40. The van der Waals surface area contributed by atoms with Crippen LogP contribution in [0.5, 0.6) is 0 Å². The van der Waals surface area contributed by atoms with E-state index >= 15 is 0 Å². The van der Waals surface area contributed by atoms with Crippen LogP contribution in [0.3, 0.4) is 0 Å². The highest BCUT2D eigenvalue weighted by Gasteiger charge is 2.24. The second-order valence-electron chi connectivity index (χ2n) is 2.34. The minimum atomic E-state index is -1.81. The number of rotatable bonds is 0. The fourth-order valence-corrected chi connectivity index (χ4v) is 0.685. The third-order valence-corrected chi connectivity index (χ3v) is 1.20. The molecule has 0 heterocycles. The molecular weight excluding hydrogens is 138 g/mol. The Labute approximate surface area is 57.0 Å². The van der Waals surface area contributed by atoms with Crippen molar-refractivity contribution < 1.29 is 13.6 Å². The summed E-state index contributed by atoms with van der Waals surface area (Å²) in [7, 11) is 0. The van der Waals surface area contributed by atoms with Gasteiger partial charge < -0.3 is 0 Å². The van der Waals surface area contributed by atoms with E-state index in [1.54, 1.807) is 0 Å². The van der Waals surface area contributed by atoms with Gasteiger partial charge in [-0.2, -0.15) is 0 Å². The zero-order chi connectivity index (χ0) is 7.78. The van der Waals surface area contributed by atoms with Gasteiger partial charge >= 0.3 is 0 Å². The molecule has 0 aromatic heterocycles. The molecule has 0 fully saturated rings. The molecule has 0 spiro atoms. The predicted octanol–water partition coefficient (Wildman–Crippen LogP) is 1.71. The minimum absolute atomic E-state index is 0.662. The Morgan fingerprint density at radius 2 is 2.20 bits per heavy atom. The Morgan fingerprint density at radius 3 is 2.60 bits per heavy atom. The van der Waals surface area contributed by atoms with Crippen LogP contribution in [0.2, 0.25) is 0 Å². The normalized spacial score (nSPS) is 32.3. The van der Waals surface area contributed by atoms with Crippen LogP contribution < -0.4 is 0 Å². The van der Waals surface area contributed by atoms with Crippen molar-refractivity contribution in [3.05, 3.63) is 24.1 Å². The molecule has 0 aliphatic heterocycles. The van der Waals surface area contributed by atoms with Crippen LogP contribution in [0.4, 0.5) is 8.78 Å². The van der Waals surface area contributed by atoms with Crippen molar-refractivity contribution in [1.29, 1.82) is 0 Å². The summed E-state index contributed by atoms with van der Waals surface area (Å²) in [6, 6.07) is 0. The minimum Gasteiger partial charge on any atom is -0.287 e. The average Bonchev–Trinajstić information content (AvgIpc) is 1.79. The number of alkyl halides is 1. The molecule has 3 heteroatoms. The molecule has 1 atom stereocenters. The molecule has 0 radical (unpaired) electrons. The van der Waals surface area contributed by atoms with Crippen LogP contribution >= 0.6 is 0 Å². The molecule has 0 aromatic rings. The molecule has 1 rings (SSSR count). The summed E-state index contributed by atoms with van der Waals surface area (Å²) >= 11 is 0. The second kappa shape index (κ2) is 2.01. The third kappa shape index (κ3) is 1.29. The first-order valence-corrected chi connectivity index (χ1v) is 2.82. The maximum absolute atomic E-state index is 12.7. The van der Waals surface area contributed by atoms with Gasteiger partial charge in [0.25, 0.3) is 0 Å². The molecule has 0 saturated heterocycles. The lowest BCUT2D eigenvalue weighted by atomic mass is 10.0. The summed E-state index contributed by atoms with van der Waals surface area (Å²) in [6.45, 7) is 1.18. The van der Waals surface area contributed by atoms with E-state index < -0.39 is 17.3 Å². The number of allylic oxidation sites excluding steroid dienone is 4. The zero-order valence-corrected chi connectivity index (χ0v) is 5.40. The van der Waals surface area contributed by atoms with Crippen molar-refractivity contribution in [2.24, 2.45) is 0 Å². The molecule has 0 saturated carbocycles. The standard InChI is InChI=1S/C7H6F2O/c1-7(9)3-2-6(10)5(8)4-7/h2-4H,1H3/t7-/m0/s1. The fraction of sp³-hybridized carbons (Fsp3) is 0.286. The molecule has 0 N–H and O–H groups in total. The number of carbonyl (C=O) groups is 1. The predicted molar refractivity (Wildman–Crippen MR) is 32.9 cm³/mol. The fourth-order valence-electron chi connectivity index (χ4n) is 0.685. The SMILES string of the molecule is C[C@]1(F)C=CC(=O)C(F)=C1. The molecule has 10 heavy (non-hydrogen) atoms. The summed E-state index contributed by atoms with van der Waals surface area (Å²) in [5, 5.41) is 0. The lowest BCUT2D eigenvalue weighted by Crippen LogP contribution is -2.16. The summed E-state index contributed by atoms with van der Waals surface area (Å²) in [4.78, 5) is 10.4.